The average Bonchev–Trinajstić information content (AvgIpc) is 0.941. The summed E-state index contributed by atoms with van der Waals surface area (Å²) in [5, 5.41) is 14.2. The Morgan fingerprint density at radius 1 is 0.206 bits per heavy atom. The van der Waals surface area contributed by atoms with Gasteiger partial charge in [-0.15, -0.1) is 0 Å². The highest BCUT2D eigenvalue weighted by Gasteiger charge is 2.41. The molecule has 8 nitrogen and oxygen atoms in total. The highest BCUT2D eigenvalue weighted by molar-refractivity contribution is 6.25. The Bertz CT molecular complexity index is 6080. The van der Waals surface area contributed by atoms with Crippen molar-refractivity contribution in [1.82, 2.24) is 28.2 Å². The molecule has 0 spiro atoms. The summed E-state index contributed by atoms with van der Waals surface area (Å²) in [5.74, 6) is 0. The fourth-order valence-electron chi connectivity index (χ4n) is 18.3. The zero-order chi connectivity index (χ0) is 67.4. The second-order valence-electron chi connectivity index (χ2n) is 28.9. The fraction of sp³-hybridized carbons (Fsp3) is 0.0638. The molecule has 2 aliphatic heterocycles. The van der Waals surface area contributed by atoms with Gasteiger partial charge in [0.2, 0.25) is 0 Å². The predicted molar refractivity (Wildman–Crippen MR) is 426 cm³/mol. The first-order valence-corrected chi connectivity index (χ1v) is 35.4. The minimum absolute atomic E-state index is 0.459. The minimum atomic E-state index is -0.459. The van der Waals surface area contributed by atoms with Gasteiger partial charge in [0.05, 0.1) is 77.9 Å². The van der Waals surface area contributed by atoms with Gasteiger partial charge in [0.15, 0.2) is 0 Å². The standard InChI is InChI=1S/C94H64N8/c1-93(2)75-53-59(97-79-29-13-5-21-63(79)64-22-6-14-30-80(64)97)39-45-87(75)101(88-46-40-60(54-76(88)93)98-81-31-15-7-23-65(81)66-24-8-16-32-82(66)98)57-37-43-71-73(51-57)74-52-58(38-44-72(74)92-91(71)95-49-50-96-92)102-89-47-41-61(99-83-33-17-9-25-67(83)68-26-10-18-34-84(68)99)55-77(89)94(3,4)78-56-62(42-48-90(78)102)100-85-35-19-11-27-69(85)70-28-12-20-36-86(70)100/h5-56H,1-4H3. The summed E-state index contributed by atoms with van der Waals surface area (Å²) in [6.45, 7) is 9.67. The van der Waals surface area contributed by atoms with Crippen molar-refractivity contribution in [2.75, 3.05) is 9.80 Å². The summed E-state index contributed by atoms with van der Waals surface area (Å²) in [4.78, 5) is 15.4. The summed E-state index contributed by atoms with van der Waals surface area (Å²) >= 11 is 0. The molecule has 0 aliphatic carbocycles. The fourth-order valence-corrected chi connectivity index (χ4v) is 18.3. The third-order valence-electron chi connectivity index (χ3n) is 23.0. The van der Waals surface area contributed by atoms with Gasteiger partial charge in [0.25, 0.3) is 0 Å². The zero-order valence-corrected chi connectivity index (χ0v) is 56.6. The van der Waals surface area contributed by atoms with E-state index in [0.717, 1.165) is 89.5 Å². The molecule has 5 aromatic heterocycles. The van der Waals surface area contributed by atoms with E-state index in [4.69, 9.17) is 9.97 Å². The van der Waals surface area contributed by atoms with Crippen LogP contribution in [-0.4, -0.2) is 28.2 Å². The molecule has 15 aromatic carbocycles. The third kappa shape index (κ3) is 7.75. The Hall–Kier alpha value is -13.0. The van der Waals surface area contributed by atoms with E-state index in [9.17, 15) is 0 Å². The van der Waals surface area contributed by atoms with Gasteiger partial charge in [-0.1, -0.05) is 185 Å². The topological polar surface area (TPSA) is 52.0 Å². The van der Waals surface area contributed by atoms with Gasteiger partial charge >= 0.3 is 0 Å². The number of aromatic nitrogens is 6. The van der Waals surface area contributed by atoms with E-state index in [2.05, 4.69) is 359 Å². The maximum atomic E-state index is 5.17. The number of benzene rings is 15. The number of nitrogens with zero attached hydrogens (tertiary/aromatic N) is 8. The molecule has 8 heteroatoms. The first-order chi connectivity index (χ1) is 50.1. The van der Waals surface area contributed by atoms with Crippen molar-refractivity contribution in [2.24, 2.45) is 0 Å². The number of rotatable bonds is 6. The van der Waals surface area contributed by atoms with E-state index in [1.165, 1.54) is 109 Å². The molecule has 102 heavy (non-hydrogen) atoms. The number of fused-ring (bicyclic) bond motifs is 22. The molecule has 0 unspecified atom stereocenters. The van der Waals surface area contributed by atoms with E-state index in [1.807, 2.05) is 12.4 Å². The average molecular weight is 1310 g/mol. The van der Waals surface area contributed by atoms with Crippen LogP contribution in [0.4, 0.5) is 34.1 Å². The Morgan fingerprint density at radius 2 is 0.422 bits per heavy atom. The van der Waals surface area contributed by atoms with Crippen LogP contribution in [0.3, 0.4) is 0 Å². The van der Waals surface area contributed by atoms with Gasteiger partial charge in [-0.2, -0.15) is 0 Å². The van der Waals surface area contributed by atoms with Gasteiger partial charge in [0.1, 0.15) is 0 Å². The molecule has 0 amide bonds. The van der Waals surface area contributed by atoms with Crippen molar-refractivity contribution in [3.05, 3.63) is 338 Å². The number of para-hydroxylation sites is 8. The van der Waals surface area contributed by atoms with Gasteiger partial charge in [-0.3, -0.25) is 9.97 Å². The van der Waals surface area contributed by atoms with Crippen LogP contribution in [0.1, 0.15) is 49.9 Å². The summed E-state index contributed by atoms with van der Waals surface area (Å²) in [7, 11) is 0. The second-order valence-corrected chi connectivity index (χ2v) is 28.9. The maximum Gasteiger partial charge on any atom is 0.0971 e. The molecule has 0 N–H and O–H groups in total. The third-order valence-corrected chi connectivity index (χ3v) is 23.0. The molecule has 480 valence electrons. The zero-order valence-electron chi connectivity index (χ0n) is 56.6. The van der Waals surface area contributed by atoms with E-state index in [-0.39, 0.29) is 0 Å². The molecule has 20 aromatic rings. The van der Waals surface area contributed by atoms with E-state index >= 15 is 0 Å². The van der Waals surface area contributed by atoms with E-state index in [0.29, 0.717) is 0 Å². The van der Waals surface area contributed by atoms with E-state index in [1.54, 1.807) is 0 Å². The first kappa shape index (κ1) is 56.9. The van der Waals surface area contributed by atoms with Gasteiger partial charge in [-0.25, -0.2) is 0 Å². The Labute approximate surface area is 587 Å². The SMILES string of the molecule is CC1(C)c2cc(-n3c4ccccc4c4ccccc43)ccc2N(c2ccc3c(c2)c2cc(N4c5ccc(-n6c7ccccc7c7ccccc76)cc5C(C)(C)c5cc(-n6c7ccccc7c7ccccc76)ccc54)ccc2c2nccnc32)c2ccc(-n3c4ccccc4c4ccccc43)cc21. The first-order valence-electron chi connectivity index (χ1n) is 35.4. The van der Waals surface area contributed by atoms with Crippen molar-refractivity contribution in [1.29, 1.82) is 0 Å². The highest BCUT2D eigenvalue weighted by Crippen LogP contribution is 2.57. The lowest BCUT2D eigenvalue weighted by Gasteiger charge is -2.43. The summed E-state index contributed by atoms with van der Waals surface area (Å²) in [5.41, 5.74) is 26.4. The van der Waals surface area contributed by atoms with Crippen LogP contribution in [0.15, 0.2) is 316 Å². The normalized spacial score (nSPS) is 14.0. The molecular formula is C94H64N8. The van der Waals surface area contributed by atoms with Crippen molar-refractivity contribution in [3.63, 3.8) is 0 Å². The van der Waals surface area contributed by atoms with Crippen LogP contribution in [0, 0.1) is 0 Å². The number of hydrogen-bond acceptors (Lipinski definition) is 4. The van der Waals surface area contributed by atoms with Crippen LogP contribution >= 0.6 is 0 Å². The van der Waals surface area contributed by atoms with Crippen molar-refractivity contribution >= 4 is 154 Å². The lowest BCUT2D eigenvalue weighted by molar-refractivity contribution is 0.631. The lowest BCUT2D eigenvalue weighted by atomic mass is 9.73. The Kier molecular flexibility index (Phi) is 11.6. The van der Waals surface area contributed by atoms with Crippen molar-refractivity contribution < 1.29 is 0 Å². The van der Waals surface area contributed by atoms with Crippen LogP contribution in [0.25, 0.3) is 143 Å². The van der Waals surface area contributed by atoms with E-state index < -0.39 is 10.8 Å². The largest absolute Gasteiger partial charge is 0.310 e. The molecule has 0 radical (unpaired) electrons. The molecule has 0 saturated carbocycles. The van der Waals surface area contributed by atoms with Crippen LogP contribution < -0.4 is 9.80 Å². The van der Waals surface area contributed by atoms with Gasteiger partial charge < -0.3 is 28.1 Å². The lowest BCUT2D eigenvalue weighted by Crippen LogP contribution is -2.31. The molecule has 22 rings (SSSR count). The van der Waals surface area contributed by atoms with Crippen molar-refractivity contribution in [2.45, 2.75) is 38.5 Å². The Balaban J connectivity index is 0.776. The van der Waals surface area contributed by atoms with Crippen LogP contribution in [0.5, 0.6) is 0 Å². The molecule has 7 heterocycles. The molecular weight excluding hydrogens is 1240 g/mol. The van der Waals surface area contributed by atoms with Crippen LogP contribution in [-0.2, 0) is 10.8 Å². The van der Waals surface area contributed by atoms with Gasteiger partial charge in [-0.05, 0) is 179 Å². The molecule has 0 fully saturated rings. The minimum Gasteiger partial charge on any atom is -0.310 e. The predicted octanol–water partition coefficient (Wildman–Crippen LogP) is 24.5. The number of hydrogen-bond donors (Lipinski definition) is 0. The monoisotopic (exact) mass is 1300 g/mol. The quantitative estimate of drug-likeness (QED) is 0.156. The highest BCUT2D eigenvalue weighted by atomic mass is 15.2. The summed E-state index contributed by atoms with van der Waals surface area (Å²) in [6.07, 6.45) is 3.67. The number of anilines is 6. The Morgan fingerprint density at radius 3 is 0.657 bits per heavy atom. The summed E-state index contributed by atoms with van der Waals surface area (Å²) in [6, 6.07) is 113. The molecule has 0 atom stereocenters. The van der Waals surface area contributed by atoms with Gasteiger partial charge in [0, 0.05) is 111 Å². The molecule has 0 bridgehead atoms. The summed E-state index contributed by atoms with van der Waals surface area (Å²) < 4.78 is 9.82. The second kappa shape index (κ2) is 20.8. The van der Waals surface area contributed by atoms with Crippen molar-refractivity contribution in [3.8, 4) is 22.7 Å². The van der Waals surface area contributed by atoms with Crippen LogP contribution in [0.2, 0.25) is 0 Å². The maximum absolute atomic E-state index is 5.17. The molecule has 0 saturated heterocycles. The molecule has 2 aliphatic rings. The smallest absolute Gasteiger partial charge is 0.0971 e.